The standard InChI is InChI=1S/C25H23ClN2O3/c1-2-6-21-8-3-4-10-24(21)31-18-25(29)28-27-16-20-7-5-9-23(15-20)30-17-19-11-13-22(26)14-12-19/h2-5,7-16H,1,6,17-18H2,(H,28,29)/b27-16+. The molecule has 31 heavy (non-hydrogen) atoms. The average Bonchev–Trinajstić information content (AvgIpc) is 2.79. The molecule has 1 N–H and O–H groups in total. The van der Waals surface area contributed by atoms with Gasteiger partial charge >= 0.3 is 0 Å². The first-order chi connectivity index (χ1) is 15.1. The van der Waals surface area contributed by atoms with Crippen molar-refractivity contribution >= 4 is 23.7 Å². The minimum atomic E-state index is -0.347. The van der Waals surface area contributed by atoms with E-state index in [2.05, 4.69) is 17.1 Å². The van der Waals surface area contributed by atoms with Crippen LogP contribution in [0.25, 0.3) is 0 Å². The van der Waals surface area contributed by atoms with Crippen LogP contribution in [0, 0.1) is 0 Å². The zero-order chi connectivity index (χ0) is 21.9. The summed E-state index contributed by atoms with van der Waals surface area (Å²) < 4.78 is 11.4. The zero-order valence-electron chi connectivity index (χ0n) is 17.0. The third-order valence-corrected chi connectivity index (χ3v) is 4.53. The molecule has 6 heteroatoms. The molecular formula is C25H23ClN2O3. The zero-order valence-corrected chi connectivity index (χ0v) is 17.7. The van der Waals surface area contributed by atoms with Crippen LogP contribution in [0.4, 0.5) is 0 Å². The molecule has 5 nitrogen and oxygen atoms in total. The number of hydrogen-bond acceptors (Lipinski definition) is 4. The Bertz CT molecular complexity index is 1050. The molecule has 0 aliphatic heterocycles. The van der Waals surface area contributed by atoms with Crippen molar-refractivity contribution in [3.8, 4) is 11.5 Å². The summed E-state index contributed by atoms with van der Waals surface area (Å²) in [5.41, 5.74) is 5.26. The molecule has 0 aliphatic rings. The van der Waals surface area contributed by atoms with Crippen molar-refractivity contribution in [1.29, 1.82) is 0 Å². The van der Waals surface area contributed by atoms with E-state index in [0.717, 1.165) is 16.7 Å². The average molecular weight is 435 g/mol. The van der Waals surface area contributed by atoms with Crippen LogP contribution in [0.2, 0.25) is 5.02 Å². The molecule has 0 bridgehead atoms. The molecule has 3 aromatic rings. The summed E-state index contributed by atoms with van der Waals surface area (Å²) in [5.74, 6) is 1.01. The maximum absolute atomic E-state index is 12.0. The molecule has 0 spiro atoms. The summed E-state index contributed by atoms with van der Waals surface area (Å²) in [5, 5.41) is 4.68. The highest BCUT2D eigenvalue weighted by atomic mass is 35.5. The predicted octanol–water partition coefficient (Wildman–Crippen LogP) is 5.18. The third-order valence-electron chi connectivity index (χ3n) is 4.28. The summed E-state index contributed by atoms with van der Waals surface area (Å²) in [7, 11) is 0. The molecule has 0 atom stereocenters. The molecule has 1 amide bonds. The van der Waals surface area contributed by atoms with Gasteiger partial charge in [-0.2, -0.15) is 5.10 Å². The van der Waals surface area contributed by atoms with Gasteiger partial charge in [-0.05, 0) is 53.4 Å². The van der Waals surface area contributed by atoms with Gasteiger partial charge in [-0.25, -0.2) is 5.43 Å². The number of benzene rings is 3. The number of halogens is 1. The molecule has 0 fully saturated rings. The van der Waals surface area contributed by atoms with E-state index >= 15 is 0 Å². The number of carbonyl (C=O) groups excluding carboxylic acids is 1. The number of allylic oxidation sites excluding steroid dienone is 1. The van der Waals surface area contributed by atoms with E-state index in [1.54, 1.807) is 12.3 Å². The highest BCUT2D eigenvalue weighted by Crippen LogP contribution is 2.18. The van der Waals surface area contributed by atoms with Gasteiger partial charge in [-0.3, -0.25) is 4.79 Å². The first-order valence-electron chi connectivity index (χ1n) is 9.75. The van der Waals surface area contributed by atoms with Crippen molar-refractivity contribution in [3.05, 3.63) is 107 Å². The molecule has 0 saturated heterocycles. The van der Waals surface area contributed by atoms with Gasteiger partial charge in [0.2, 0.25) is 0 Å². The van der Waals surface area contributed by atoms with E-state index in [1.165, 1.54) is 0 Å². The van der Waals surface area contributed by atoms with Crippen LogP contribution in [0.3, 0.4) is 0 Å². The lowest BCUT2D eigenvalue weighted by Crippen LogP contribution is -2.24. The Morgan fingerprint density at radius 3 is 2.65 bits per heavy atom. The van der Waals surface area contributed by atoms with Gasteiger partial charge in [0, 0.05) is 5.02 Å². The number of rotatable bonds is 10. The Morgan fingerprint density at radius 1 is 1.03 bits per heavy atom. The van der Waals surface area contributed by atoms with Crippen LogP contribution < -0.4 is 14.9 Å². The van der Waals surface area contributed by atoms with E-state index in [9.17, 15) is 4.79 Å². The molecular weight excluding hydrogens is 412 g/mol. The molecule has 3 aromatic carbocycles. The van der Waals surface area contributed by atoms with Crippen molar-refractivity contribution in [2.75, 3.05) is 6.61 Å². The van der Waals surface area contributed by atoms with Gasteiger partial charge in [0.25, 0.3) is 5.91 Å². The number of nitrogens with zero attached hydrogens (tertiary/aromatic N) is 1. The Hall–Kier alpha value is -3.57. The Labute approximate surface area is 187 Å². The largest absolute Gasteiger partial charge is 0.489 e. The number of carbonyl (C=O) groups is 1. The minimum absolute atomic E-state index is 0.129. The lowest BCUT2D eigenvalue weighted by atomic mass is 10.1. The number of ether oxygens (including phenoxy) is 2. The fraction of sp³-hybridized carbons (Fsp3) is 0.120. The maximum Gasteiger partial charge on any atom is 0.277 e. The number of hydrazone groups is 1. The van der Waals surface area contributed by atoms with E-state index in [-0.39, 0.29) is 12.5 Å². The van der Waals surface area contributed by atoms with Gasteiger partial charge < -0.3 is 9.47 Å². The number of para-hydroxylation sites is 1. The van der Waals surface area contributed by atoms with E-state index in [4.69, 9.17) is 21.1 Å². The SMILES string of the molecule is C=CCc1ccccc1OCC(=O)N/N=C/c1cccc(OCc2ccc(Cl)cc2)c1. The van der Waals surface area contributed by atoms with Crippen LogP contribution in [-0.4, -0.2) is 18.7 Å². The van der Waals surface area contributed by atoms with E-state index < -0.39 is 0 Å². The van der Waals surface area contributed by atoms with E-state index in [1.807, 2.05) is 72.8 Å². The second kappa shape index (κ2) is 11.6. The van der Waals surface area contributed by atoms with Crippen molar-refractivity contribution < 1.29 is 14.3 Å². The summed E-state index contributed by atoms with van der Waals surface area (Å²) in [6, 6.07) is 22.5. The quantitative estimate of drug-likeness (QED) is 0.272. The molecule has 0 radical (unpaired) electrons. The second-order valence-corrected chi connectivity index (χ2v) is 7.11. The van der Waals surface area contributed by atoms with Crippen LogP contribution in [0.1, 0.15) is 16.7 Å². The van der Waals surface area contributed by atoms with Gasteiger partial charge in [-0.1, -0.05) is 60.1 Å². The van der Waals surface area contributed by atoms with Crippen molar-refractivity contribution in [2.45, 2.75) is 13.0 Å². The number of nitrogens with one attached hydrogen (secondary N) is 1. The minimum Gasteiger partial charge on any atom is -0.489 e. The normalized spacial score (nSPS) is 10.6. The highest BCUT2D eigenvalue weighted by Gasteiger charge is 2.05. The summed E-state index contributed by atoms with van der Waals surface area (Å²) >= 11 is 5.89. The summed E-state index contributed by atoms with van der Waals surface area (Å²) in [4.78, 5) is 12.0. The molecule has 0 aromatic heterocycles. The third kappa shape index (κ3) is 7.32. The Kier molecular flexibility index (Phi) is 8.26. The molecule has 158 valence electrons. The lowest BCUT2D eigenvalue weighted by Gasteiger charge is -2.09. The number of hydrogen-bond donors (Lipinski definition) is 1. The topological polar surface area (TPSA) is 59.9 Å². The smallest absolute Gasteiger partial charge is 0.277 e. The Balaban J connectivity index is 1.48. The summed E-state index contributed by atoms with van der Waals surface area (Å²) in [6.45, 7) is 4.03. The van der Waals surface area contributed by atoms with E-state index in [0.29, 0.717) is 29.5 Å². The van der Waals surface area contributed by atoms with Crippen LogP contribution in [-0.2, 0) is 17.8 Å². The van der Waals surface area contributed by atoms with Crippen molar-refractivity contribution in [2.24, 2.45) is 5.10 Å². The van der Waals surface area contributed by atoms with Crippen LogP contribution in [0.5, 0.6) is 11.5 Å². The molecule has 0 heterocycles. The number of amides is 1. The molecule has 0 saturated carbocycles. The Morgan fingerprint density at radius 2 is 1.84 bits per heavy atom. The fourth-order valence-electron chi connectivity index (χ4n) is 2.76. The lowest BCUT2D eigenvalue weighted by molar-refractivity contribution is -0.123. The molecule has 0 unspecified atom stereocenters. The van der Waals surface area contributed by atoms with Gasteiger partial charge in [0.05, 0.1) is 6.21 Å². The monoisotopic (exact) mass is 434 g/mol. The van der Waals surface area contributed by atoms with Crippen molar-refractivity contribution in [1.82, 2.24) is 5.43 Å². The molecule has 3 rings (SSSR count). The highest BCUT2D eigenvalue weighted by molar-refractivity contribution is 6.30. The van der Waals surface area contributed by atoms with Gasteiger partial charge in [0.1, 0.15) is 18.1 Å². The fourth-order valence-corrected chi connectivity index (χ4v) is 2.88. The first-order valence-corrected chi connectivity index (χ1v) is 10.1. The van der Waals surface area contributed by atoms with Crippen LogP contribution in [0.15, 0.2) is 90.6 Å². The first kappa shape index (κ1) is 22.1. The predicted molar refractivity (Wildman–Crippen MR) is 124 cm³/mol. The second-order valence-electron chi connectivity index (χ2n) is 6.67. The van der Waals surface area contributed by atoms with Gasteiger partial charge in [-0.15, -0.1) is 6.58 Å². The molecule has 0 aliphatic carbocycles. The van der Waals surface area contributed by atoms with Gasteiger partial charge in [0.15, 0.2) is 6.61 Å². The van der Waals surface area contributed by atoms with Crippen LogP contribution >= 0.6 is 11.6 Å². The van der Waals surface area contributed by atoms with Crippen molar-refractivity contribution in [3.63, 3.8) is 0 Å². The maximum atomic E-state index is 12.0. The summed E-state index contributed by atoms with van der Waals surface area (Å²) in [6.07, 6.45) is 4.02.